The van der Waals surface area contributed by atoms with Crippen molar-refractivity contribution in [2.75, 3.05) is 20.3 Å². The molecule has 34 heavy (non-hydrogen) atoms. The Morgan fingerprint density at radius 1 is 1.00 bits per heavy atom. The van der Waals surface area contributed by atoms with Gasteiger partial charge in [-0.05, 0) is 35.4 Å². The molecule has 1 aliphatic rings. The molecule has 0 saturated carbocycles. The molecule has 1 aliphatic heterocycles. The van der Waals surface area contributed by atoms with Crippen molar-refractivity contribution in [1.82, 2.24) is 4.90 Å². The molecule has 0 aromatic heterocycles. The number of carbonyl (C=O) groups is 2. The number of aliphatic hydroxyl groups excluding tert-OH is 1. The minimum Gasteiger partial charge on any atom is -0.507 e. The van der Waals surface area contributed by atoms with Gasteiger partial charge in [0.1, 0.15) is 18.1 Å². The maximum absolute atomic E-state index is 13.0. The first kappa shape index (κ1) is 23.5. The molecule has 1 unspecified atom stereocenters. The van der Waals surface area contributed by atoms with Gasteiger partial charge in [0.15, 0.2) is 0 Å². The van der Waals surface area contributed by atoms with Gasteiger partial charge in [0.05, 0.1) is 18.2 Å². The van der Waals surface area contributed by atoms with Gasteiger partial charge < -0.3 is 19.5 Å². The number of methoxy groups -OCH3 is 1. The van der Waals surface area contributed by atoms with Crippen LogP contribution in [0.15, 0.2) is 84.4 Å². The Morgan fingerprint density at radius 3 is 2.41 bits per heavy atom. The fourth-order valence-corrected chi connectivity index (χ4v) is 4.12. The molecule has 0 spiro atoms. The minimum atomic E-state index is -0.766. The SMILES string of the molecule is COCCN1C(=O)C(=O)/C(=C(\O)c2cccc(Cl)c2)C1c1ccc(OCc2ccccc2)cc1. The van der Waals surface area contributed by atoms with Crippen LogP contribution in [0.3, 0.4) is 0 Å². The number of benzene rings is 3. The van der Waals surface area contributed by atoms with Gasteiger partial charge in [-0.1, -0.05) is 66.2 Å². The normalized spacial score (nSPS) is 17.2. The van der Waals surface area contributed by atoms with Crippen LogP contribution in [-0.4, -0.2) is 42.0 Å². The van der Waals surface area contributed by atoms with E-state index in [1.165, 1.54) is 12.0 Å². The summed E-state index contributed by atoms with van der Waals surface area (Å²) in [5.41, 5.74) is 2.10. The number of carbonyl (C=O) groups excluding carboxylic acids is 2. The molecule has 1 amide bonds. The summed E-state index contributed by atoms with van der Waals surface area (Å²) in [5.74, 6) is -1.05. The fourth-order valence-electron chi connectivity index (χ4n) is 3.93. The van der Waals surface area contributed by atoms with E-state index in [1.807, 2.05) is 30.3 Å². The van der Waals surface area contributed by atoms with Crippen LogP contribution in [0.2, 0.25) is 5.02 Å². The average Bonchev–Trinajstić information content (AvgIpc) is 3.11. The Hall–Kier alpha value is -3.61. The van der Waals surface area contributed by atoms with E-state index in [0.29, 0.717) is 28.5 Å². The first-order valence-corrected chi connectivity index (χ1v) is 11.2. The van der Waals surface area contributed by atoms with Gasteiger partial charge in [-0.2, -0.15) is 0 Å². The van der Waals surface area contributed by atoms with Gasteiger partial charge in [-0.15, -0.1) is 0 Å². The van der Waals surface area contributed by atoms with Crippen LogP contribution in [0, 0.1) is 0 Å². The summed E-state index contributed by atoms with van der Waals surface area (Å²) in [5, 5.41) is 11.4. The molecular formula is C27H24ClNO5. The quantitative estimate of drug-likeness (QED) is 0.281. The largest absolute Gasteiger partial charge is 0.507 e. The van der Waals surface area contributed by atoms with Gasteiger partial charge in [0.25, 0.3) is 11.7 Å². The zero-order chi connectivity index (χ0) is 24.1. The lowest BCUT2D eigenvalue weighted by Gasteiger charge is -2.25. The molecule has 0 radical (unpaired) electrons. The molecule has 3 aromatic rings. The van der Waals surface area contributed by atoms with Crippen molar-refractivity contribution in [2.24, 2.45) is 0 Å². The fraction of sp³-hybridized carbons (Fsp3) is 0.185. The molecular weight excluding hydrogens is 454 g/mol. The zero-order valence-corrected chi connectivity index (χ0v) is 19.4. The molecule has 1 heterocycles. The van der Waals surface area contributed by atoms with E-state index in [4.69, 9.17) is 21.1 Å². The topological polar surface area (TPSA) is 76.1 Å². The second-order valence-electron chi connectivity index (χ2n) is 7.84. The van der Waals surface area contributed by atoms with Crippen molar-refractivity contribution in [1.29, 1.82) is 0 Å². The monoisotopic (exact) mass is 477 g/mol. The number of Topliss-reactive ketones (excluding diaryl/α,β-unsaturated/α-hetero) is 1. The molecule has 1 atom stereocenters. The lowest BCUT2D eigenvalue weighted by molar-refractivity contribution is -0.140. The van der Waals surface area contributed by atoms with E-state index in [9.17, 15) is 14.7 Å². The van der Waals surface area contributed by atoms with E-state index >= 15 is 0 Å². The first-order chi connectivity index (χ1) is 16.5. The zero-order valence-electron chi connectivity index (χ0n) is 18.6. The molecule has 0 bridgehead atoms. The number of hydrogen-bond acceptors (Lipinski definition) is 5. The number of ketones is 1. The summed E-state index contributed by atoms with van der Waals surface area (Å²) in [4.78, 5) is 27.3. The van der Waals surface area contributed by atoms with E-state index in [2.05, 4.69) is 0 Å². The molecule has 7 heteroatoms. The van der Waals surface area contributed by atoms with E-state index in [-0.39, 0.29) is 24.5 Å². The summed E-state index contributed by atoms with van der Waals surface area (Å²) in [6.07, 6.45) is 0. The van der Waals surface area contributed by atoms with Crippen molar-refractivity contribution < 1.29 is 24.2 Å². The summed E-state index contributed by atoms with van der Waals surface area (Å²) in [6, 6.07) is 22.7. The standard InChI is InChI=1S/C27H24ClNO5/c1-33-15-14-29-24(19-10-12-22(13-11-19)34-17-18-6-3-2-4-7-18)23(26(31)27(29)32)25(30)20-8-5-9-21(28)16-20/h2-13,16,24,30H,14-15,17H2,1H3/b25-23-. The van der Waals surface area contributed by atoms with E-state index in [1.54, 1.807) is 48.5 Å². The van der Waals surface area contributed by atoms with Gasteiger partial charge in [0, 0.05) is 24.2 Å². The van der Waals surface area contributed by atoms with Crippen molar-refractivity contribution in [3.63, 3.8) is 0 Å². The van der Waals surface area contributed by atoms with Gasteiger partial charge in [-0.3, -0.25) is 9.59 Å². The van der Waals surface area contributed by atoms with E-state index in [0.717, 1.165) is 5.56 Å². The Morgan fingerprint density at radius 2 is 1.74 bits per heavy atom. The van der Waals surface area contributed by atoms with Crippen LogP contribution >= 0.6 is 11.6 Å². The summed E-state index contributed by atoms with van der Waals surface area (Å²) in [7, 11) is 1.52. The predicted octanol–water partition coefficient (Wildman–Crippen LogP) is 4.99. The Bertz CT molecular complexity index is 1210. The van der Waals surface area contributed by atoms with Crippen LogP contribution in [0.5, 0.6) is 5.75 Å². The highest BCUT2D eigenvalue weighted by Crippen LogP contribution is 2.40. The van der Waals surface area contributed by atoms with Gasteiger partial charge in [0.2, 0.25) is 0 Å². The number of nitrogens with zero attached hydrogens (tertiary/aromatic N) is 1. The third-order valence-corrected chi connectivity index (χ3v) is 5.85. The van der Waals surface area contributed by atoms with Gasteiger partial charge in [-0.25, -0.2) is 0 Å². The number of amides is 1. The molecule has 1 saturated heterocycles. The Balaban J connectivity index is 1.68. The predicted molar refractivity (Wildman–Crippen MR) is 130 cm³/mol. The lowest BCUT2D eigenvalue weighted by Crippen LogP contribution is -2.32. The molecule has 3 aromatic carbocycles. The number of ether oxygens (including phenoxy) is 2. The third-order valence-electron chi connectivity index (χ3n) is 5.62. The van der Waals surface area contributed by atoms with Crippen LogP contribution in [-0.2, 0) is 20.9 Å². The maximum Gasteiger partial charge on any atom is 0.295 e. The number of hydrogen-bond donors (Lipinski definition) is 1. The number of aliphatic hydroxyl groups is 1. The van der Waals surface area contributed by atoms with E-state index < -0.39 is 17.7 Å². The molecule has 4 rings (SSSR count). The highest BCUT2D eigenvalue weighted by molar-refractivity contribution is 6.46. The molecule has 6 nitrogen and oxygen atoms in total. The van der Waals surface area contributed by atoms with Crippen molar-refractivity contribution in [3.05, 3.63) is 106 Å². The molecule has 0 aliphatic carbocycles. The summed E-state index contributed by atoms with van der Waals surface area (Å²) < 4.78 is 11.0. The van der Waals surface area contributed by atoms with Crippen molar-refractivity contribution in [2.45, 2.75) is 12.6 Å². The van der Waals surface area contributed by atoms with Crippen molar-refractivity contribution in [3.8, 4) is 5.75 Å². The number of rotatable bonds is 8. The smallest absolute Gasteiger partial charge is 0.295 e. The molecule has 174 valence electrons. The summed E-state index contributed by atoms with van der Waals surface area (Å²) in [6.45, 7) is 0.866. The average molecular weight is 478 g/mol. The first-order valence-electron chi connectivity index (χ1n) is 10.8. The summed E-state index contributed by atoms with van der Waals surface area (Å²) >= 11 is 6.08. The maximum atomic E-state index is 13.0. The second-order valence-corrected chi connectivity index (χ2v) is 8.28. The minimum absolute atomic E-state index is 0.0151. The third kappa shape index (κ3) is 4.98. The van der Waals surface area contributed by atoms with Gasteiger partial charge >= 0.3 is 0 Å². The number of halogens is 1. The molecule has 1 N–H and O–H groups in total. The number of likely N-dealkylation sites (tertiary alicyclic amines) is 1. The second kappa shape index (κ2) is 10.5. The van der Waals surface area contributed by atoms with Crippen LogP contribution in [0.25, 0.3) is 5.76 Å². The Labute approximate surface area is 203 Å². The van der Waals surface area contributed by atoms with Crippen LogP contribution in [0.4, 0.5) is 0 Å². The lowest BCUT2D eigenvalue weighted by atomic mass is 9.95. The Kier molecular flexibility index (Phi) is 7.30. The molecule has 1 fully saturated rings. The van der Waals surface area contributed by atoms with Crippen LogP contribution in [0.1, 0.15) is 22.7 Å². The van der Waals surface area contributed by atoms with Crippen LogP contribution < -0.4 is 4.74 Å². The highest BCUT2D eigenvalue weighted by atomic mass is 35.5. The van der Waals surface area contributed by atoms with Crippen molar-refractivity contribution >= 4 is 29.1 Å². The highest BCUT2D eigenvalue weighted by Gasteiger charge is 2.45.